The fourth-order valence-electron chi connectivity index (χ4n) is 4.91. The monoisotopic (exact) mass is 669 g/mol. The highest BCUT2D eigenvalue weighted by Gasteiger charge is 2.23. The van der Waals surface area contributed by atoms with Gasteiger partial charge in [0.25, 0.3) is 5.56 Å². The molecule has 2 N–H and O–H groups in total. The van der Waals surface area contributed by atoms with Gasteiger partial charge in [0, 0.05) is 41.0 Å². The summed E-state index contributed by atoms with van der Waals surface area (Å²) >= 11 is 13.5. The normalized spacial score (nSPS) is 10.7. The number of ketones is 1. The zero-order chi connectivity index (χ0) is 33.7. The molecule has 5 aromatic rings. The van der Waals surface area contributed by atoms with Gasteiger partial charge in [-0.2, -0.15) is 4.98 Å². The van der Waals surface area contributed by atoms with Gasteiger partial charge in [-0.1, -0.05) is 66.7 Å². The number of nitrogens with one attached hydrogen (secondary N) is 2. The van der Waals surface area contributed by atoms with Crippen molar-refractivity contribution >= 4 is 63.2 Å². The lowest BCUT2D eigenvalue weighted by atomic mass is 10.0. The van der Waals surface area contributed by atoms with Crippen molar-refractivity contribution in [3.8, 4) is 22.6 Å². The van der Waals surface area contributed by atoms with E-state index in [2.05, 4.69) is 28.8 Å². The minimum Gasteiger partial charge on any atom is -0.495 e. The third kappa shape index (κ3) is 7.04. The van der Waals surface area contributed by atoms with E-state index >= 15 is 0 Å². The van der Waals surface area contributed by atoms with Crippen LogP contribution >= 0.6 is 23.2 Å². The van der Waals surface area contributed by atoms with Gasteiger partial charge in [0.05, 0.1) is 36.4 Å². The molecule has 238 valence electrons. The Morgan fingerprint density at radius 2 is 1.64 bits per heavy atom. The van der Waals surface area contributed by atoms with Crippen molar-refractivity contribution in [2.75, 3.05) is 24.9 Å². The summed E-state index contributed by atoms with van der Waals surface area (Å²) in [5, 5.41) is 6.67. The molecule has 5 rings (SSSR count). The first kappa shape index (κ1) is 32.9. The number of anilines is 3. The average molecular weight is 671 g/mol. The summed E-state index contributed by atoms with van der Waals surface area (Å²) in [6, 6.07) is 17.5. The molecule has 47 heavy (non-hydrogen) atoms. The highest BCUT2D eigenvalue weighted by atomic mass is 35.5. The van der Waals surface area contributed by atoms with E-state index in [0.717, 1.165) is 11.1 Å². The number of allylic oxidation sites excluding steroid dienone is 1. The molecule has 0 aliphatic heterocycles. The molecule has 2 heterocycles. The number of amides is 1. The summed E-state index contributed by atoms with van der Waals surface area (Å²) in [4.78, 5) is 47.5. The number of rotatable bonds is 12. The van der Waals surface area contributed by atoms with Crippen LogP contribution < -0.4 is 25.7 Å². The molecule has 0 bridgehead atoms. The lowest BCUT2D eigenvalue weighted by Crippen LogP contribution is -2.24. The van der Waals surface area contributed by atoms with Crippen LogP contribution in [0, 0.1) is 0 Å². The number of pyridine rings is 1. The van der Waals surface area contributed by atoms with Gasteiger partial charge in [0.15, 0.2) is 5.78 Å². The molecule has 12 heteroatoms. The molecule has 0 saturated carbocycles. The second-order valence-corrected chi connectivity index (χ2v) is 11.0. The summed E-state index contributed by atoms with van der Waals surface area (Å²) in [6.07, 6.45) is 4.17. The van der Waals surface area contributed by atoms with E-state index in [1.807, 2.05) is 24.3 Å². The quantitative estimate of drug-likeness (QED) is 0.136. The molecule has 0 atom stereocenters. The smallest absolute Gasteiger partial charge is 0.260 e. The highest BCUT2D eigenvalue weighted by Crippen LogP contribution is 2.45. The van der Waals surface area contributed by atoms with Crippen molar-refractivity contribution in [3.05, 3.63) is 124 Å². The van der Waals surface area contributed by atoms with Gasteiger partial charge < -0.3 is 20.1 Å². The van der Waals surface area contributed by atoms with Crippen LogP contribution in [0.5, 0.6) is 11.5 Å². The molecule has 0 aliphatic rings. The summed E-state index contributed by atoms with van der Waals surface area (Å²) in [5.41, 5.74) is 2.95. The van der Waals surface area contributed by atoms with Crippen LogP contribution in [-0.2, 0) is 22.6 Å². The molecule has 0 radical (unpaired) electrons. The third-order valence-electron chi connectivity index (χ3n) is 7.27. The number of methoxy groups -OCH3 is 2. The molecule has 0 unspecified atom stereocenters. The maximum Gasteiger partial charge on any atom is 0.260 e. The zero-order valence-electron chi connectivity index (χ0n) is 25.5. The Hall–Kier alpha value is -5.45. The highest BCUT2D eigenvalue weighted by molar-refractivity contribution is 6.41. The minimum absolute atomic E-state index is 0.0933. The molecule has 3 aromatic carbocycles. The van der Waals surface area contributed by atoms with Gasteiger partial charge in [-0.15, -0.1) is 0 Å². The Labute approximate surface area is 280 Å². The summed E-state index contributed by atoms with van der Waals surface area (Å²) in [6.45, 7) is 7.12. The fraction of sp³-hybridized carbons (Fsp3) is 0.114. The second kappa shape index (κ2) is 14.3. The maximum atomic E-state index is 14.4. The number of ether oxygens (including phenoxy) is 2. The number of hydrogen-bond acceptors (Lipinski definition) is 8. The SMILES string of the molecule is C=CC(=O)Cc1ccccc1Nc1ncc2cc(-c3c(Cl)c(OC)cc(OC)c3Cl)c(=O)n(Cc3ccc(NC(=O)C=C)cc3)c2n1. The first-order chi connectivity index (χ1) is 22.7. The van der Waals surface area contributed by atoms with Crippen molar-refractivity contribution in [3.63, 3.8) is 0 Å². The lowest BCUT2D eigenvalue weighted by Gasteiger charge is -2.17. The van der Waals surface area contributed by atoms with E-state index in [4.69, 9.17) is 37.7 Å². The molecule has 2 aromatic heterocycles. The van der Waals surface area contributed by atoms with E-state index < -0.39 is 5.56 Å². The van der Waals surface area contributed by atoms with E-state index in [1.54, 1.807) is 42.6 Å². The van der Waals surface area contributed by atoms with Crippen molar-refractivity contribution < 1.29 is 19.1 Å². The van der Waals surface area contributed by atoms with Crippen molar-refractivity contribution in [1.29, 1.82) is 0 Å². The van der Waals surface area contributed by atoms with Crippen LogP contribution in [0.2, 0.25) is 10.0 Å². The number of carbonyl (C=O) groups excluding carboxylic acids is 2. The van der Waals surface area contributed by atoms with Crippen molar-refractivity contribution in [1.82, 2.24) is 14.5 Å². The Morgan fingerprint density at radius 1 is 0.957 bits per heavy atom. The number of nitrogens with zero attached hydrogens (tertiary/aromatic N) is 3. The van der Waals surface area contributed by atoms with E-state index in [-0.39, 0.29) is 63.3 Å². The van der Waals surface area contributed by atoms with E-state index in [9.17, 15) is 14.4 Å². The molecular weight excluding hydrogens is 641 g/mol. The van der Waals surface area contributed by atoms with Gasteiger partial charge >= 0.3 is 0 Å². The van der Waals surface area contributed by atoms with Gasteiger partial charge in [-0.3, -0.25) is 19.0 Å². The Morgan fingerprint density at radius 3 is 2.28 bits per heavy atom. The van der Waals surface area contributed by atoms with E-state index in [1.165, 1.54) is 30.9 Å². The van der Waals surface area contributed by atoms with Gasteiger partial charge in [-0.05, 0) is 47.5 Å². The van der Waals surface area contributed by atoms with E-state index in [0.29, 0.717) is 22.4 Å². The van der Waals surface area contributed by atoms with Crippen LogP contribution in [0.25, 0.3) is 22.2 Å². The average Bonchev–Trinajstić information content (AvgIpc) is 3.08. The predicted molar refractivity (Wildman–Crippen MR) is 185 cm³/mol. The maximum absolute atomic E-state index is 14.4. The predicted octanol–water partition coefficient (Wildman–Crippen LogP) is 7.00. The first-order valence-corrected chi connectivity index (χ1v) is 15.0. The van der Waals surface area contributed by atoms with Gasteiger partial charge in [-0.25, -0.2) is 4.98 Å². The minimum atomic E-state index is -0.442. The van der Waals surface area contributed by atoms with Crippen LogP contribution in [0.1, 0.15) is 11.1 Å². The molecule has 0 fully saturated rings. The van der Waals surface area contributed by atoms with Crippen LogP contribution in [0.3, 0.4) is 0 Å². The third-order valence-corrected chi connectivity index (χ3v) is 8.02. The number of benzene rings is 3. The first-order valence-electron chi connectivity index (χ1n) is 14.2. The van der Waals surface area contributed by atoms with Gasteiger partial charge in [0.1, 0.15) is 17.1 Å². The molecule has 0 saturated heterocycles. The molecule has 0 aliphatic carbocycles. The fourth-order valence-corrected chi connectivity index (χ4v) is 5.62. The molecular formula is C35H29Cl2N5O5. The number of halogens is 2. The number of carbonyl (C=O) groups is 2. The largest absolute Gasteiger partial charge is 0.495 e. The number of hydrogen-bond donors (Lipinski definition) is 2. The Kier molecular flexibility index (Phi) is 10.0. The Bertz CT molecular complexity index is 2070. The zero-order valence-corrected chi connectivity index (χ0v) is 27.0. The number of fused-ring (bicyclic) bond motifs is 1. The number of aromatic nitrogens is 3. The Balaban J connectivity index is 1.68. The van der Waals surface area contributed by atoms with Gasteiger partial charge in [0.2, 0.25) is 11.9 Å². The standard InChI is InChI=1S/C35H29Cl2N5O5/c1-5-24(43)15-21-9-7-8-10-26(21)40-35-38-18-22-16-25(30-31(36)27(46-3)17-28(47-4)32(30)37)34(45)42(33(22)41-35)19-20-11-13-23(14-12-20)39-29(44)6-2/h5-14,16-18H,1-2,15,19H2,3-4H3,(H,39,44)(H,38,40,41). The van der Waals surface area contributed by atoms with Crippen LogP contribution in [0.4, 0.5) is 17.3 Å². The molecule has 1 amide bonds. The van der Waals surface area contributed by atoms with Crippen LogP contribution in [0.15, 0.2) is 97.0 Å². The van der Waals surface area contributed by atoms with Crippen molar-refractivity contribution in [2.45, 2.75) is 13.0 Å². The molecule has 10 nitrogen and oxygen atoms in total. The second-order valence-electron chi connectivity index (χ2n) is 10.2. The summed E-state index contributed by atoms with van der Waals surface area (Å²) in [5.74, 6) is 0.272. The number of para-hydroxylation sites is 1. The molecule has 0 spiro atoms. The topological polar surface area (TPSA) is 124 Å². The van der Waals surface area contributed by atoms with Crippen LogP contribution in [-0.4, -0.2) is 40.4 Å². The summed E-state index contributed by atoms with van der Waals surface area (Å²) in [7, 11) is 2.90. The van der Waals surface area contributed by atoms with Crippen molar-refractivity contribution in [2.24, 2.45) is 0 Å². The summed E-state index contributed by atoms with van der Waals surface area (Å²) < 4.78 is 12.4. The lowest BCUT2D eigenvalue weighted by molar-refractivity contribution is -0.114.